The Morgan fingerprint density at radius 2 is 1.46 bits per heavy atom. The molecule has 0 saturated heterocycles. The van der Waals surface area contributed by atoms with Gasteiger partial charge in [-0.05, 0) is 44.2 Å². The first-order valence-electron chi connectivity index (χ1n) is 8.39. The summed E-state index contributed by atoms with van der Waals surface area (Å²) in [7, 11) is 0. The molecule has 0 unspecified atom stereocenters. The van der Waals surface area contributed by atoms with Gasteiger partial charge in [-0.2, -0.15) is 13.2 Å². The predicted molar refractivity (Wildman–Crippen MR) is 101 cm³/mol. The van der Waals surface area contributed by atoms with Crippen LogP contribution in [0.4, 0.5) is 36.2 Å². The number of benzene rings is 2. The first-order valence-corrected chi connectivity index (χ1v) is 8.39. The largest absolute Gasteiger partial charge is 0.416 e. The van der Waals surface area contributed by atoms with Crippen molar-refractivity contribution in [1.29, 1.82) is 0 Å². The number of aryl methyl sites for hydroxylation is 1. The van der Waals surface area contributed by atoms with Crippen LogP contribution in [0.5, 0.6) is 0 Å². The van der Waals surface area contributed by atoms with E-state index >= 15 is 0 Å². The van der Waals surface area contributed by atoms with Crippen molar-refractivity contribution in [3.8, 4) is 0 Å². The quantitative estimate of drug-likeness (QED) is 0.567. The number of ketones is 1. The van der Waals surface area contributed by atoms with Crippen LogP contribution in [-0.4, -0.2) is 15.8 Å². The molecule has 1 aromatic heterocycles. The number of halogens is 3. The van der Waals surface area contributed by atoms with E-state index < -0.39 is 11.7 Å². The van der Waals surface area contributed by atoms with Gasteiger partial charge >= 0.3 is 6.18 Å². The third kappa shape index (κ3) is 4.85. The van der Waals surface area contributed by atoms with Gasteiger partial charge < -0.3 is 10.6 Å². The molecule has 2 N–H and O–H groups in total. The summed E-state index contributed by atoms with van der Waals surface area (Å²) in [4.78, 5) is 20.0. The van der Waals surface area contributed by atoms with E-state index in [1.807, 2.05) is 0 Å². The molecule has 5 nitrogen and oxygen atoms in total. The molecule has 0 aliphatic carbocycles. The van der Waals surface area contributed by atoms with Crippen molar-refractivity contribution in [2.45, 2.75) is 20.0 Å². The molecule has 3 aromatic rings. The zero-order valence-electron chi connectivity index (χ0n) is 15.1. The maximum absolute atomic E-state index is 12.9. The molecule has 0 spiro atoms. The van der Waals surface area contributed by atoms with Crippen molar-refractivity contribution in [3.05, 3.63) is 71.5 Å². The van der Waals surface area contributed by atoms with E-state index in [9.17, 15) is 18.0 Å². The van der Waals surface area contributed by atoms with Crippen molar-refractivity contribution in [2.75, 3.05) is 10.6 Å². The van der Waals surface area contributed by atoms with Gasteiger partial charge in [-0.1, -0.05) is 18.2 Å². The van der Waals surface area contributed by atoms with E-state index in [0.717, 1.165) is 12.1 Å². The van der Waals surface area contributed by atoms with Crippen molar-refractivity contribution < 1.29 is 18.0 Å². The molecule has 2 aromatic carbocycles. The van der Waals surface area contributed by atoms with Gasteiger partial charge in [-0.25, -0.2) is 9.97 Å². The van der Waals surface area contributed by atoms with Gasteiger partial charge in [-0.3, -0.25) is 4.79 Å². The van der Waals surface area contributed by atoms with E-state index in [1.54, 1.807) is 37.3 Å². The molecule has 0 saturated carbocycles. The summed E-state index contributed by atoms with van der Waals surface area (Å²) in [6.07, 6.45) is -4.42. The Hall–Kier alpha value is -3.42. The van der Waals surface area contributed by atoms with Gasteiger partial charge in [0, 0.05) is 23.0 Å². The van der Waals surface area contributed by atoms with E-state index in [2.05, 4.69) is 20.6 Å². The highest BCUT2D eigenvalue weighted by Crippen LogP contribution is 2.31. The number of hydrogen-bond donors (Lipinski definition) is 2. The van der Waals surface area contributed by atoms with Crippen LogP contribution >= 0.6 is 0 Å². The van der Waals surface area contributed by atoms with Gasteiger partial charge in [0.05, 0.1) is 5.56 Å². The van der Waals surface area contributed by atoms with Crippen LogP contribution in [0.15, 0.2) is 54.6 Å². The maximum atomic E-state index is 12.9. The molecule has 1 heterocycles. The lowest BCUT2D eigenvalue weighted by atomic mass is 10.1. The van der Waals surface area contributed by atoms with E-state index in [-0.39, 0.29) is 11.5 Å². The van der Waals surface area contributed by atoms with Crippen LogP contribution in [0.25, 0.3) is 0 Å². The predicted octanol–water partition coefficient (Wildman–Crippen LogP) is 5.49. The van der Waals surface area contributed by atoms with Crippen LogP contribution in [0, 0.1) is 6.92 Å². The number of alkyl halides is 3. The Kier molecular flexibility index (Phi) is 5.30. The number of anilines is 4. The van der Waals surface area contributed by atoms with Gasteiger partial charge in [0.15, 0.2) is 5.78 Å². The fourth-order valence-corrected chi connectivity index (χ4v) is 2.58. The summed E-state index contributed by atoms with van der Waals surface area (Å²) in [6.45, 7) is 3.15. The lowest BCUT2D eigenvalue weighted by Crippen LogP contribution is -2.06. The second-order valence-electron chi connectivity index (χ2n) is 6.15. The molecule has 28 heavy (non-hydrogen) atoms. The summed E-state index contributed by atoms with van der Waals surface area (Å²) >= 11 is 0. The molecule has 144 valence electrons. The zero-order chi connectivity index (χ0) is 20.3. The van der Waals surface area contributed by atoms with Gasteiger partial charge in [0.1, 0.15) is 17.5 Å². The minimum Gasteiger partial charge on any atom is -0.340 e. The van der Waals surface area contributed by atoms with Crippen molar-refractivity contribution >= 4 is 28.8 Å². The number of rotatable bonds is 5. The molecule has 0 radical (unpaired) electrons. The highest BCUT2D eigenvalue weighted by atomic mass is 19.4. The molecule has 0 fully saturated rings. The Morgan fingerprint density at radius 3 is 2.04 bits per heavy atom. The number of nitrogens with one attached hydrogen (secondary N) is 2. The number of nitrogens with zero attached hydrogens (tertiary/aromatic N) is 2. The van der Waals surface area contributed by atoms with E-state index in [1.165, 1.54) is 19.1 Å². The van der Waals surface area contributed by atoms with Crippen LogP contribution < -0.4 is 10.6 Å². The van der Waals surface area contributed by atoms with Gasteiger partial charge in [-0.15, -0.1) is 0 Å². The van der Waals surface area contributed by atoms with Gasteiger partial charge in [0.25, 0.3) is 0 Å². The number of carbonyl (C=O) groups excluding carboxylic acids is 1. The second kappa shape index (κ2) is 7.67. The summed E-state index contributed by atoms with van der Waals surface area (Å²) in [6, 6.07) is 13.4. The Labute approximate surface area is 159 Å². The summed E-state index contributed by atoms with van der Waals surface area (Å²) in [5.74, 6) is 1.16. The third-order valence-corrected chi connectivity index (χ3v) is 3.84. The Bertz CT molecular complexity index is 1020. The first-order chi connectivity index (χ1) is 13.2. The lowest BCUT2D eigenvalue weighted by Gasteiger charge is -2.12. The second-order valence-corrected chi connectivity index (χ2v) is 6.15. The fourth-order valence-electron chi connectivity index (χ4n) is 2.58. The smallest absolute Gasteiger partial charge is 0.340 e. The number of Topliss-reactive ketones (excluding diaryl/α,β-unsaturated/α-hetero) is 1. The fraction of sp³-hybridized carbons (Fsp3) is 0.150. The van der Waals surface area contributed by atoms with Crippen LogP contribution in [0.1, 0.15) is 28.7 Å². The molecule has 0 bridgehead atoms. The zero-order valence-corrected chi connectivity index (χ0v) is 15.1. The third-order valence-electron chi connectivity index (χ3n) is 3.84. The molecule has 0 amide bonds. The first kappa shape index (κ1) is 19.3. The molecular formula is C20H17F3N4O. The van der Waals surface area contributed by atoms with Crippen molar-refractivity contribution in [2.24, 2.45) is 0 Å². The lowest BCUT2D eigenvalue weighted by molar-refractivity contribution is -0.137. The topological polar surface area (TPSA) is 66.9 Å². The van der Waals surface area contributed by atoms with Crippen LogP contribution in [-0.2, 0) is 6.18 Å². The molecular weight excluding hydrogens is 369 g/mol. The van der Waals surface area contributed by atoms with Crippen LogP contribution in [0.2, 0.25) is 0 Å². The normalized spacial score (nSPS) is 11.2. The Morgan fingerprint density at radius 1 is 0.893 bits per heavy atom. The molecule has 3 rings (SSSR count). The molecule has 0 atom stereocenters. The SMILES string of the molecule is CC(=O)c1cccc(Nc2cc(Nc3cccc(C(F)(F)F)c3)nc(C)n2)c1. The minimum absolute atomic E-state index is 0.0607. The maximum Gasteiger partial charge on any atom is 0.416 e. The summed E-state index contributed by atoms with van der Waals surface area (Å²) in [5, 5.41) is 5.95. The standard InChI is InChI=1S/C20H17F3N4O/c1-12(28)14-5-3-7-16(9-14)26-18-11-19(25-13(2)24-18)27-17-8-4-6-15(10-17)20(21,22)23/h3-11H,1-2H3,(H2,24,25,26,27). The summed E-state index contributed by atoms with van der Waals surface area (Å²) < 4.78 is 38.6. The van der Waals surface area contributed by atoms with Gasteiger partial charge in [0.2, 0.25) is 0 Å². The average molecular weight is 386 g/mol. The van der Waals surface area contributed by atoms with Crippen LogP contribution in [0.3, 0.4) is 0 Å². The minimum atomic E-state index is -4.42. The van der Waals surface area contributed by atoms with Crippen molar-refractivity contribution in [3.63, 3.8) is 0 Å². The highest BCUT2D eigenvalue weighted by Gasteiger charge is 2.30. The van der Waals surface area contributed by atoms with Crippen molar-refractivity contribution in [1.82, 2.24) is 9.97 Å². The number of carbonyl (C=O) groups is 1. The van der Waals surface area contributed by atoms with E-state index in [0.29, 0.717) is 28.7 Å². The number of hydrogen-bond acceptors (Lipinski definition) is 5. The highest BCUT2D eigenvalue weighted by molar-refractivity contribution is 5.95. The number of aromatic nitrogens is 2. The van der Waals surface area contributed by atoms with E-state index in [4.69, 9.17) is 0 Å². The molecule has 0 aliphatic heterocycles. The Balaban J connectivity index is 1.84. The average Bonchev–Trinajstić information content (AvgIpc) is 2.61. The molecule has 8 heteroatoms. The monoisotopic (exact) mass is 386 g/mol. The summed E-state index contributed by atoms with van der Waals surface area (Å²) in [5.41, 5.74) is 0.731. The molecule has 0 aliphatic rings.